The number of imidazole rings is 1. The maximum Gasteiger partial charge on any atom is 0.294 e. The van der Waals surface area contributed by atoms with Gasteiger partial charge in [-0.3, -0.25) is 4.79 Å². The number of rotatable bonds is 8. The number of thiol groups is 1. The van der Waals surface area contributed by atoms with E-state index in [9.17, 15) is 4.79 Å². The van der Waals surface area contributed by atoms with E-state index >= 15 is 0 Å². The zero-order valence-electron chi connectivity index (χ0n) is 12.1. The molecule has 1 amide bonds. The summed E-state index contributed by atoms with van der Waals surface area (Å²) in [5.41, 5.74) is 1.85. The van der Waals surface area contributed by atoms with Gasteiger partial charge in [0.15, 0.2) is 0 Å². The van der Waals surface area contributed by atoms with E-state index < -0.39 is 0 Å². The number of aromatic amines is 1. The quantitative estimate of drug-likeness (QED) is 0.644. The predicted molar refractivity (Wildman–Crippen MR) is 81.1 cm³/mol. The van der Waals surface area contributed by atoms with Gasteiger partial charge < -0.3 is 15.0 Å². The number of nitrogens with zero attached hydrogens (tertiary/aromatic N) is 1. The van der Waals surface area contributed by atoms with Gasteiger partial charge in [0.1, 0.15) is 0 Å². The van der Waals surface area contributed by atoms with Crippen LogP contribution in [0.5, 0.6) is 6.01 Å². The van der Waals surface area contributed by atoms with Crippen LogP contribution in [-0.4, -0.2) is 27.7 Å². The molecule has 0 radical (unpaired) electrons. The highest BCUT2D eigenvalue weighted by Gasteiger charge is 2.27. The maximum absolute atomic E-state index is 12.0. The van der Waals surface area contributed by atoms with E-state index in [0.717, 1.165) is 24.2 Å². The Kier molecular flexibility index (Phi) is 5.34. The standard InChI is InChI=1S/C14H23N3O2S/c1-3-10-11(17-14(16-10)19-4-2)8-15-13(18)12(20)7-9-5-6-9/h9,12,20H,3-8H2,1-2H3,(H,15,18)(H,16,17)/t12-/m0/s1. The highest BCUT2D eigenvalue weighted by atomic mass is 32.1. The number of aromatic nitrogens is 2. The van der Waals surface area contributed by atoms with E-state index in [0.29, 0.717) is 25.1 Å². The molecular weight excluding hydrogens is 274 g/mol. The van der Waals surface area contributed by atoms with Crippen molar-refractivity contribution >= 4 is 18.5 Å². The van der Waals surface area contributed by atoms with Crippen LogP contribution in [0.1, 0.15) is 44.5 Å². The van der Waals surface area contributed by atoms with Crippen LogP contribution in [0.4, 0.5) is 0 Å². The molecule has 1 aliphatic rings. The molecule has 1 fully saturated rings. The number of amides is 1. The second kappa shape index (κ2) is 7.02. The van der Waals surface area contributed by atoms with Gasteiger partial charge in [-0.25, -0.2) is 4.98 Å². The van der Waals surface area contributed by atoms with E-state index in [-0.39, 0.29) is 11.2 Å². The largest absolute Gasteiger partial charge is 0.465 e. The molecule has 5 nitrogen and oxygen atoms in total. The van der Waals surface area contributed by atoms with E-state index in [1.54, 1.807) is 0 Å². The van der Waals surface area contributed by atoms with Crippen LogP contribution < -0.4 is 10.1 Å². The SMILES string of the molecule is CCOc1nc(CC)c(CNC(=O)[C@@H](S)CC2CC2)[nH]1. The van der Waals surface area contributed by atoms with Crippen LogP contribution in [0, 0.1) is 5.92 Å². The third kappa shape index (κ3) is 4.16. The Labute approximate surface area is 125 Å². The van der Waals surface area contributed by atoms with Crippen LogP contribution in [-0.2, 0) is 17.8 Å². The predicted octanol–water partition coefficient (Wildman–Crippen LogP) is 2.09. The molecule has 0 bridgehead atoms. The molecular formula is C14H23N3O2S. The minimum atomic E-state index is -0.207. The Hall–Kier alpha value is -1.17. The second-order valence-corrected chi connectivity index (χ2v) is 5.79. The first-order valence-electron chi connectivity index (χ1n) is 7.30. The number of hydrogen-bond acceptors (Lipinski definition) is 4. The van der Waals surface area contributed by atoms with Crippen LogP contribution in [0.2, 0.25) is 0 Å². The first kappa shape index (κ1) is 15.2. The van der Waals surface area contributed by atoms with Crippen molar-refractivity contribution in [3.8, 4) is 6.01 Å². The summed E-state index contributed by atoms with van der Waals surface area (Å²) in [5, 5.41) is 2.71. The fourth-order valence-corrected chi connectivity index (χ4v) is 2.52. The molecule has 1 heterocycles. The molecule has 2 N–H and O–H groups in total. The number of hydrogen-bond donors (Lipinski definition) is 3. The summed E-state index contributed by atoms with van der Waals surface area (Å²) >= 11 is 4.38. The van der Waals surface area contributed by atoms with Crippen molar-refractivity contribution in [1.82, 2.24) is 15.3 Å². The summed E-state index contributed by atoms with van der Waals surface area (Å²) in [4.78, 5) is 19.4. The van der Waals surface area contributed by atoms with Crippen LogP contribution in [0.15, 0.2) is 0 Å². The van der Waals surface area contributed by atoms with Crippen molar-refractivity contribution < 1.29 is 9.53 Å². The second-order valence-electron chi connectivity index (χ2n) is 5.17. The maximum atomic E-state index is 12.0. The van der Waals surface area contributed by atoms with Crippen molar-refractivity contribution in [2.24, 2.45) is 5.92 Å². The van der Waals surface area contributed by atoms with Gasteiger partial charge in [0, 0.05) is 0 Å². The molecule has 0 saturated heterocycles. The van der Waals surface area contributed by atoms with Gasteiger partial charge in [0.2, 0.25) is 5.91 Å². The lowest BCUT2D eigenvalue weighted by molar-refractivity contribution is -0.120. The van der Waals surface area contributed by atoms with Crippen molar-refractivity contribution in [3.05, 3.63) is 11.4 Å². The topological polar surface area (TPSA) is 67.0 Å². The number of carbonyl (C=O) groups is 1. The zero-order chi connectivity index (χ0) is 14.5. The molecule has 1 aliphatic carbocycles. The molecule has 2 rings (SSSR count). The Morgan fingerprint density at radius 2 is 2.30 bits per heavy atom. The average molecular weight is 297 g/mol. The highest BCUT2D eigenvalue weighted by Crippen LogP contribution is 2.34. The smallest absolute Gasteiger partial charge is 0.294 e. The Morgan fingerprint density at radius 1 is 1.55 bits per heavy atom. The molecule has 20 heavy (non-hydrogen) atoms. The summed E-state index contributed by atoms with van der Waals surface area (Å²) in [6.45, 7) is 4.97. The van der Waals surface area contributed by atoms with Gasteiger partial charge in [-0.1, -0.05) is 19.8 Å². The monoisotopic (exact) mass is 297 g/mol. The number of ether oxygens (including phenoxy) is 1. The van der Waals surface area contributed by atoms with Crippen molar-refractivity contribution in [1.29, 1.82) is 0 Å². The fraction of sp³-hybridized carbons (Fsp3) is 0.714. The van der Waals surface area contributed by atoms with Gasteiger partial charge in [-0.05, 0) is 25.7 Å². The van der Waals surface area contributed by atoms with Crippen LogP contribution >= 0.6 is 12.6 Å². The number of aryl methyl sites for hydroxylation is 1. The lowest BCUT2D eigenvalue weighted by Crippen LogP contribution is -2.31. The molecule has 0 aromatic carbocycles. The highest BCUT2D eigenvalue weighted by molar-refractivity contribution is 7.81. The summed E-state index contributed by atoms with van der Waals surface area (Å²) in [6.07, 6.45) is 4.16. The minimum absolute atomic E-state index is 0.00477. The normalized spacial score (nSPS) is 15.9. The molecule has 1 saturated carbocycles. The van der Waals surface area contributed by atoms with Crippen molar-refractivity contribution in [2.45, 2.75) is 51.3 Å². The molecule has 0 aliphatic heterocycles. The molecule has 0 unspecified atom stereocenters. The third-order valence-electron chi connectivity index (χ3n) is 3.45. The van der Waals surface area contributed by atoms with Crippen LogP contribution in [0.25, 0.3) is 0 Å². The van der Waals surface area contributed by atoms with Gasteiger partial charge >= 0.3 is 0 Å². The first-order chi connectivity index (χ1) is 9.63. The number of carbonyl (C=O) groups excluding carboxylic acids is 1. The Bertz CT molecular complexity index is 457. The summed E-state index contributed by atoms with van der Waals surface area (Å²) in [6, 6.07) is 0.522. The Balaban J connectivity index is 1.86. The van der Waals surface area contributed by atoms with E-state index in [2.05, 4.69) is 27.9 Å². The summed E-state index contributed by atoms with van der Waals surface area (Å²) < 4.78 is 5.35. The lowest BCUT2D eigenvalue weighted by Gasteiger charge is -2.10. The van der Waals surface area contributed by atoms with Crippen molar-refractivity contribution in [3.63, 3.8) is 0 Å². The molecule has 1 atom stereocenters. The zero-order valence-corrected chi connectivity index (χ0v) is 13.0. The summed E-state index contributed by atoms with van der Waals surface area (Å²) in [5.74, 6) is 0.695. The van der Waals surface area contributed by atoms with Crippen LogP contribution in [0.3, 0.4) is 0 Å². The van der Waals surface area contributed by atoms with Gasteiger partial charge in [0.05, 0.1) is 29.8 Å². The number of H-pyrrole nitrogens is 1. The van der Waals surface area contributed by atoms with E-state index in [4.69, 9.17) is 4.74 Å². The average Bonchev–Trinajstić information content (AvgIpc) is 3.15. The molecule has 6 heteroatoms. The fourth-order valence-electron chi connectivity index (χ4n) is 2.13. The van der Waals surface area contributed by atoms with E-state index in [1.165, 1.54) is 12.8 Å². The molecule has 112 valence electrons. The molecule has 0 spiro atoms. The Morgan fingerprint density at radius 3 is 2.90 bits per heavy atom. The third-order valence-corrected chi connectivity index (χ3v) is 3.90. The van der Waals surface area contributed by atoms with Crippen molar-refractivity contribution in [2.75, 3.05) is 6.61 Å². The first-order valence-corrected chi connectivity index (χ1v) is 7.82. The minimum Gasteiger partial charge on any atom is -0.465 e. The molecule has 1 aromatic rings. The van der Waals surface area contributed by atoms with E-state index in [1.807, 2.05) is 13.8 Å². The number of nitrogens with one attached hydrogen (secondary N) is 2. The van der Waals surface area contributed by atoms with Gasteiger partial charge in [-0.15, -0.1) is 0 Å². The van der Waals surface area contributed by atoms with Gasteiger partial charge in [0.25, 0.3) is 6.01 Å². The molecule has 1 aromatic heterocycles. The van der Waals surface area contributed by atoms with Gasteiger partial charge in [-0.2, -0.15) is 12.6 Å². The lowest BCUT2D eigenvalue weighted by atomic mass is 10.2. The summed E-state index contributed by atoms with van der Waals surface area (Å²) in [7, 11) is 0.